The van der Waals surface area contributed by atoms with E-state index in [1.165, 1.54) is 24.3 Å². The van der Waals surface area contributed by atoms with Crippen LogP contribution in [0.15, 0.2) is 24.3 Å². The van der Waals surface area contributed by atoms with Crippen LogP contribution in [0, 0.1) is 5.41 Å². The van der Waals surface area contributed by atoms with Crippen molar-refractivity contribution in [2.24, 2.45) is 5.41 Å². The molecule has 5 nitrogen and oxygen atoms in total. The number of rotatable bonds is 6. The Balaban J connectivity index is 1.93. The van der Waals surface area contributed by atoms with Crippen molar-refractivity contribution in [1.82, 2.24) is 5.32 Å². The van der Waals surface area contributed by atoms with Crippen molar-refractivity contribution in [2.75, 3.05) is 19.8 Å². The molecule has 1 aromatic carbocycles. The first-order chi connectivity index (χ1) is 11.7. The van der Waals surface area contributed by atoms with E-state index < -0.39 is 29.9 Å². The third kappa shape index (κ3) is 5.45. The van der Waals surface area contributed by atoms with Gasteiger partial charge in [-0.15, -0.1) is 0 Å². The number of aryl methyl sites for hydroxylation is 1. The van der Waals surface area contributed by atoms with Crippen molar-refractivity contribution in [3.63, 3.8) is 0 Å². The Morgan fingerprint density at radius 3 is 2.28 bits per heavy atom. The predicted molar refractivity (Wildman–Crippen MR) is 83.3 cm³/mol. The van der Waals surface area contributed by atoms with E-state index in [2.05, 4.69) is 5.32 Å². The molecule has 1 heterocycles. The zero-order valence-corrected chi connectivity index (χ0v) is 13.6. The van der Waals surface area contributed by atoms with Crippen LogP contribution in [-0.4, -0.2) is 42.9 Å². The second kappa shape index (κ2) is 7.86. The summed E-state index contributed by atoms with van der Waals surface area (Å²) in [5.41, 5.74) is -0.274. The largest absolute Gasteiger partial charge is 0.481 e. The number of hydrogen-bond donors (Lipinski definition) is 2. The molecule has 2 rings (SSSR count). The fraction of sp³-hybridized carbons (Fsp3) is 0.529. The highest BCUT2D eigenvalue weighted by Gasteiger charge is 2.40. The van der Waals surface area contributed by atoms with Gasteiger partial charge in [0.05, 0.1) is 5.41 Å². The fourth-order valence-corrected chi connectivity index (χ4v) is 2.69. The number of aliphatic carboxylic acids is 1. The summed E-state index contributed by atoms with van der Waals surface area (Å²) in [6.45, 7) is 0.645. The maximum Gasteiger partial charge on any atom is 0.389 e. The highest BCUT2D eigenvalue weighted by atomic mass is 19.4. The number of carbonyl (C=O) groups excluding carboxylic acids is 1. The fourth-order valence-electron chi connectivity index (χ4n) is 2.69. The molecule has 0 unspecified atom stereocenters. The number of carboxylic acid groups (broad SMARTS) is 1. The lowest BCUT2D eigenvalue weighted by atomic mass is 9.80. The first kappa shape index (κ1) is 19.2. The normalized spacial score (nSPS) is 17.1. The van der Waals surface area contributed by atoms with Gasteiger partial charge >= 0.3 is 12.1 Å². The Kier molecular flexibility index (Phi) is 6.05. The third-order valence-electron chi connectivity index (χ3n) is 4.40. The topological polar surface area (TPSA) is 75.6 Å². The van der Waals surface area contributed by atoms with Crippen LogP contribution in [0.3, 0.4) is 0 Å². The van der Waals surface area contributed by atoms with Crippen LogP contribution in [0.25, 0.3) is 0 Å². The molecule has 138 valence electrons. The standard InChI is InChI=1S/C17H20F3NO4/c18-17(19,20)6-5-12-1-3-13(4-2-12)14(22)21-11-16(15(23)24)7-9-25-10-8-16/h1-4H,5-11H2,(H,21,22)(H,23,24). The number of amides is 1. The first-order valence-corrected chi connectivity index (χ1v) is 7.97. The summed E-state index contributed by atoms with van der Waals surface area (Å²) < 4.78 is 41.8. The van der Waals surface area contributed by atoms with Gasteiger partial charge in [-0.2, -0.15) is 13.2 Å². The van der Waals surface area contributed by atoms with E-state index in [0.29, 0.717) is 31.6 Å². The smallest absolute Gasteiger partial charge is 0.389 e. The molecule has 1 aromatic rings. The molecule has 1 aliphatic rings. The highest BCUT2D eigenvalue weighted by molar-refractivity contribution is 5.94. The SMILES string of the molecule is O=C(NCC1(C(=O)O)CCOCC1)c1ccc(CCC(F)(F)F)cc1. The van der Waals surface area contributed by atoms with Crippen molar-refractivity contribution in [3.05, 3.63) is 35.4 Å². The van der Waals surface area contributed by atoms with Crippen LogP contribution in [0.4, 0.5) is 13.2 Å². The van der Waals surface area contributed by atoms with E-state index in [9.17, 15) is 27.9 Å². The quantitative estimate of drug-likeness (QED) is 0.819. The van der Waals surface area contributed by atoms with Crippen LogP contribution in [-0.2, 0) is 16.0 Å². The van der Waals surface area contributed by atoms with Crippen molar-refractivity contribution in [2.45, 2.75) is 31.9 Å². The van der Waals surface area contributed by atoms with Gasteiger partial charge in [-0.25, -0.2) is 0 Å². The molecule has 1 fully saturated rings. The van der Waals surface area contributed by atoms with Gasteiger partial charge in [0.2, 0.25) is 0 Å². The van der Waals surface area contributed by atoms with Gasteiger partial charge in [0.25, 0.3) is 5.91 Å². The number of hydrogen-bond acceptors (Lipinski definition) is 3. The molecule has 1 aliphatic heterocycles. The molecular weight excluding hydrogens is 339 g/mol. The molecular formula is C17H20F3NO4. The number of carboxylic acids is 1. The predicted octanol–water partition coefficient (Wildman–Crippen LogP) is 2.79. The van der Waals surface area contributed by atoms with Gasteiger partial charge in [-0.05, 0) is 37.0 Å². The minimum atomic E-state index is -4.22. The molecule has 0 bridgehead atoms. The second-order valence-corrected chi connectivity index (χ2v) is 6.19. The maximum absolute atomic E-state index is 12.2. The Morgan fingerprint density at radius 2 is 1.76 bits per heavy atom. The van der Waals surface area contributed by atoms with Crippen LogP contribution < -0.4 is 5.32 Å². The van der Waals surface area contributed by atoms with Gasteiger partial charge in [-0.3, -0.25) is 9.59 Å². The molecule has 0 aromatic heterocycles. The molecule has 8 heteroatoms. The van der Waals surface area contributed by atoms with Crippen LogP contribution in [0.5, 0.6) is 0 Å². The minimum Gasteiger partial charge on any atom is -0.481 e. The van der Waals surface area contributed by atoms with E-state index in [-0.39, 0.29) is 18.5 Å². The van der Waals surface area contributed by atoms with Gasteiger partial charge in [0.1, 0.15) is 0 Å². The lowest BCUT2D eigenvalue weighted by Gasteiger charge is -2.33. The number of ether oxygens (including phenoxy) is 1. The molecule has 25 heavy (non-hydrogen) atoms. The number of halogens is 3. The average molecular weight is 359 g/mol. The molecule has 1 saturated heterocycles. The molecule has 2 N–H and O–H groups in total. The summed E-state index contributed by atoms with van der Waals surface area (Å²) in [6, 6.07) is 5.83. The summed E-state index contributed by atoms with van der Waals surface area (Å²) in [6.07, 6.45) is -4.64. The van der Waals surface area contributed by atoms with E-state index in [4.69, 9.17) is 4.74 Å². The van der Waals surface area contributed by atoms with Crippen LogP contribution in [0.1, 0.15) is 35.2 Å². The second-order valence-electron chi connectivity index (χ2n) is 6.19. The Hall–Kier alpha value is -2.09. The third-order valence-corrected chi connectivity index (χ3v) is 4.40. The lowest BCUT2D eigenvalue weighted by Crippen LogP contribution is -2.46. The highest BCUT2D eigenvalue weighted by Crippen LogP contribution is 2.30. The Morgan fingerprint density at radius 1 is 1.16 bits per heavy atom. The van der Waals surface area contributed by atoms with E-state index >= 15 is 0 Å². The van der Waals surface area contributed by atoms with Crippen LogP contribution in [0.2, 0.25) is 0 Å². The lowest BCUT2D eigenvalue weighted by molar-refractivity contribution is -0.154. The van der Waals surface area contributed by atoms with Crippen molar-refractivity contribution in [1.29, 1.82) is 0 Å². The zero-order valence-electron chi connectivity index (χ0n) is 13.6. The summed E-state index contributed by atoms with van der Waals surface area (Å²) in [5.74, 6) is -1.42. The Labute approximate surface area is 143 Å². The van der Waals surface area contributed by atoms with Gasteiger partial charge in [0, 0.05) is 31.7 Å². The van der Waals surface area contributed by atoms with E-state index in [0.717, 1.165) is 0 Å². The summed E-state index contributed by atoms with van der Waals surface area (Å²) in [5, 5.41) is 12.0. The average Bonchev–Trinajstić information content (AvgIpc) is 2.58. The maximum atomic E-state index is 12.2. The molecule has 0 aliphatic carbocycles. The van der Waals surface area contributed by atoms with Crippen LogP contribution >= 0.6 is 0 Å². The summed E-state index contributed by atoms with van der Waals surface area (Å²) in [7, 11) is 0. The molecule has 0 atom stereocenters. The minimum absolute atomic E-state index is 0.0135. The number of benzene rings is 1. The molecule has 0 radical (unpaired) electrons. The number of nitrogens with one attached hydrogen (secondary N) is 1. The zero-order chi connectivity index (χ0) is 18.5. The monoisotopic (exact) mass is 359 g/mol. The summed E-state index contributed by atoms with van der Waals surface area (Å²) in [4.78, 5) is 23.7. The van der Waals surface area contributed by atoms with E-state index in [1.54, 1.807) is 0 Å². The molecule has 0 spiro atoms. The van der Waals surface area contributed by atoms with Gasteiger partial charge in [0.15, 0.2) is 0 Å². The van der Waals surface area contributed by atoms with Crippen molar-refractivity contribution < 1.29 is 32.6 Å². The first-order valence-electron chi connectivity index (χ1n) is 7.97. The Bertz CT molecular complexity index is 607. The molecule has 1 amide bonds. The van der Waals surface area contributed by atoms with Gasteiger partial charge in [-0.1, -0.05) is 12.1 Å². The van der Waals surface area contributed by atoms with E-state index in [1.807, 2.05) is 0 Å². The number of carbonyl (C=O) groups is 2. The number of alkyl halides is 3. The van der Waals surface area contributed by atoms with Crippen molar-refractivity contribution in [3.8, 4) is 0 Å². The van der Waals surface area contributed by atoms with Gasteiger partial charge < -0.3 is 15.2 Å². The van der Waals surface area contributed by atoms with Crippen molar-refractivity contribution >= 4 is 11.9 Å². The molecule has 0 saturated carbocycles. The summed E-state index contributed by atoms with van der Waals surface area (Å²) >= 11 is 0.